The number of benzene rings is 3. The number of carbonyl (C=O) groups is 2. The summed E-state index contributed by atoms with van der Waals surface area (Å²) in [6.45, 7) is 3.17. The zero-order valence-corrected chi connectivity index (χ0v) is 20.9. The monoisotopic (exact) mass is 521 g/mol. The minimum atomic E-state index is -4.47. The fourth-order valence-corrected chi connectivity index (χ4v) is 4.66. The topological polar surface area (TPSA) is 66.6 Å². The van der Waals surface area contributed by atoms with Crippen molar-refractivity contribution in [2.45, 2.75) is 19.1 Å². The lowest BCUT2D eigenvalue weighted by Gasteiger charge is -2.36. The van der Waals surface area contributed by atoms with E-state index in [4.69, 9.17) is 5.73 Å². The highest BCUT2D eigenvalue weighted by atomic mass is 19.4. The van der Waals surface area contributed by atoms with Gasteiger partial charge >= 0.3 is 6.18 Å². The number of piperazine rings is 1. The predicted molar refractivity (Wildman–Crippen MR) is 141 cm³/mol. The number of hydrogen-bond donors (Lipinski definition) is 1. The summed E-state index contributed by atoms with van der Waals surface area (Å²) in [7, 11) is 0. The van der Waals surface area contributed by atoms with Crippen molar-refractivity contribution >= 4 is 17.9 Å². The summed E-state index contributed by atoms with van der Waals surface area (Å²) in [5.74, 6) is -1.86. The molecule has 38 heavy (non-hydrogen) atoms. The number of halogens is 3. The van der Waals surface area contributed by atoms with E-state index in [1.807, 2.05) is 48.5 Å². The number of carbonyl (C=O) groups excluding carboxylic acids is 2. The van der Waals surface area contributed by atoms with Crippen LogP contribution in [0.25, 0.3) is 6.08 Å². The van der Waals surface area contributed by atoms with Gasteiger partial charge < -0.3 is 10.6 Å². The van der Waals surface area contributed by atoms with Gasteiger partial charge in [-0.1, -0.05) is 72.8 Å². The lowest BCUT2D eigenvalue weighted by molar-refractivity contribution is -0.138. The van der Waals surface area contributed by atoms with Crippen LogP contribution in [0.2, 0.25) is 0 Å². The maximum absolute atomic E-state index is 13.8. The fourth-order valence-electron chi connectivity index (χ4n) is 4.66. The first-order valence-corrected chi connectivity index (χ1v) is 12.5. The Morgan fingerprint density at radius 1 is 0.816 bits per heavy atom. The molecule has 1 fully saturated rings. The first-order valence-electron chi connectivity index (χ1n) is 12.5. The van der Waals surface area contributed by atoms with Gasteiger partial charge in [0.05, 0.1) is 11.5 Å². The first kappa shape index (κ1) is 27.1. The SMILES string of the molecule is NC(=O)C(=Cc1ccc(C(F)(F)F)cc1)[C@H](Cc1ccccc1)C(=O)N1CCN(Cc2ccccc2)CC1. The Bertz CT molecular complexity index is 1250. The zero-order chi connectivity index (χ0) is 27.1. The molecule has 1 heterocycles. The van der Waals surface area contributed by atoms with Crippen molar-refractivity contribution in [3.8, 4) is 0 Å². The predicted octanol–water partition coefficient (Wildman–Crippen LogP) is 4.78. The van der Waals surface area contributed by atoms with E-state index in [2.05, 4.69) is 17.0 Å². The molecule has 8 heteroatoms. The van der Waals surface area contributed by atoms with Gasteiger partial charge in [0.1, 0.15) is 0 Å². The van der Waals surface area contributed by atoms with Crippen LogP contribution in [0.1, 0.15) is 22.3 Å². The van der Waals surface area contributed by atoms with Gasteiger partial charge in [0.25, 0.3) is 0 Å². The summed E-state index contributed by atoms with van der Waals surface area (Å²) in [6.07, 6.45) is -2.79. The van der Waals surface area contributed by atoms with Crippen LogP contribution in [0, 0.1) is 5.92 Å². The van der Waals surface area contributed by atoms with Crippen LogP contribution in [0.5, 0.6) is 0 Å². The summed E-state index contributed by atoms with van der Waals surface area (Å²) in [5, 5.41) is 0. The van der Waals surface area contributed by atoms with Crippen molar-refractivity contribution in [3.63, 3.8) is 0 Å². The van der Waals surface area contributed by atoms with Crippen LogP contribution < -0.4 is 5.73 Å². The smallest absolute Gasteiger partial charge is 0.366 e. The maximum Gasteiger partial charge on any atom is 0.416 e. The van der Waals surface area contributed by atoms with Crippen molar-refractivity contribution in [2.75, 3.05) is 26.2 Å². The minimum absolute atomic E-state index is 0.0744. The Balaban J connectivity index is 1.56. The molecule has 3 aromatic rings. The first-order chi connectivity index (χ1) is 18.2. The number of nitrogens with zero attached hydrogens (tertiary/aromatic N) is 2. The molecule has 0 spiro atoms. The van der Waals surface area contributed by atoms with E-state index in [0.717, 1.165) is 24.2 Å². The van der Waals surface area contributed by atoms with E-state index in [1.54, 1.807) is 4.90 Å². The Kier molecular flexibility index (Phi) is 8.63. The van der Waals surface area contributed by atoms with Crippen LogP contribution in [0.4, 0.5) is 13.2 Å². The Labute approximate surface area is 220 Å². The third-order valence-electron chi connectivity index (χ3n) is 6.73. The molecule has 1 aliphatic heterocycles. The standard InChI is InChI=1S/C30H30F3N3O2/c31-30(32,33)25-13-11-23(12-14-25)19-26(28(34)37)27(20-22-7-3-1-4-8-22)29(38)36-17-15-35(16-18-36)21-24-9-5-2-6-10-24/h1-14,19,27H,15-18,20-21H2,(H2,34,37)/t27-/m0/s1. The molecule has 4 rings (SSSR count). The van der Waals surface area contributed by atoms with E-state index in [9.17, 15) is 22.8 Å². The maximum atomic E-state index is 13.8. The Morgan fingerprint density at radius 3 is 1.89 bits per heavy atom. The highest BCUT2D eigenvalue weighted by Gasteiger charge is 2.33. The van der Waals surface area contributed by atoms with Gasteiger partial charge in [-0.15, -0.1) is 0 Å². The summed E-state index contributed by atoms with van der Waals surface area (Å²) in [6, 6.07) is 23.9. The lowest BCUT2D eigenvalue weighted by Crippen LogP contribution is -2.51. The highest BCUT2D eigenvalue weighted by molar-refractivity contribution is 6.03. The zero-order valence-electron chi connectivity index (χ0n) is 20.9. The third-order valence-corrected chi connectivity index (χ3v) is 6.73. The van der Waals surface area contributed by atoms with Gasteiger partial charge in [0, 0.05) is 38.3 Å². The Morgan fingerprint density at radius 2 is 1.37 bits per heavy atom. The van der Waals surface area contributed by atoms with Gasteiger partial charge in [0.15, 0.2) is 0 Å². The average molecular weight is 522 g/mol. The molecular formula is C30H30F3N3O2. The molecule has 0 bridgehead atoms. The molecule has 0 radical (unpaired) electrons. The summed E-state index contributed by atoms with van der Waals surface area (Å²) >= 11 is 0. The second-order valence-electron chi connectivity index (χ2n) is 9.41. The number of primary amides is 1. The molecule has 198 valence electrons. The molecule has 3 aromatic carbocycles. The molecule has 0 unspecified atom stereocenters. The van der Waals surface area contributed by atoms with Gasteiger partial charge in [0.2, 0.25) is 11.8 Å². The highest BCUT2D eigenvalue weighted by Crippen LogP contribution is 2.30. The lowest BCUT2D eigenvalue weighted by atomic mass is 9.88. The second kappa shape index (κ2) is 12.1. The summed E-state index contributed by atoms with van der Waals surface area (Å²) in [5.41, 5.74) is 7.45. The molecule has 2 N–H and O–H groups in total. The van der Waals surface area contributed by atoms with Gasteiger partial charge in [-0.25, -0.2) is 0 Å². The van der Waals surface area contributed by atoms with Crippen molar-refractivity contribution in [3.05, 3.63) is 113 Å². The van der Waals surface area contributed by atoms with Crippen LogP contribution in [-0.2, 0) is 28.7 Å². The summed E-state index contributed by atoms with van der Waals surface area (Å²) < 4.78 is 39.0. The number of nitrogens with two attached hydrogens (primary N) is 1. The number of alkyl halides is 3. The average Bonchev–Trinajstić information content (AvgIpc) is 2.91. The largest absolute Gasteiger partial charge is 0.416 e. The fraction of sp³-hybridized carbons (Fsp3) is 0.267. The third kappa shape index (κ3) is 7.10. The molecule has 0 saturated carbocycles. The van der Waals surface area contributed by atoms with Crippen LogP contribution >= 0.6 is 0 Å². The number of hydrogen-bond acceptors (Lipinski definition) is 3. The minimum Gasteiger partial charge on any atom is -0.366 e. The van der Waals surface area contributed by atoms with Crippen LogP contribution in [-0.4, -0.2) is 47.8 Å². The van der Waals surface area contributed by atoms with Gasteiger partial charge in [-0.05, 0) is 41.3 Å². The van der Waals surface area contributed by atoms with Gasteiger partial charge in [-0.2, -0.15) is 13.2 Å². The molecule has 0 aliphatic carbocycles. The van der Waals surface area contributed by atoms with Crippen molar-refractivity contribution in [1.29, 1.82) is 0 Å². The molecule has 2 amide bonds. The molecule has 1 atom stereocenters. The van der Waals surface area contributed by atoms with E-state index in [-0.39, 0.29) is 17.9 Å². The van der Waals surface area contributed by atoms with E-state index in [0.29, 0.717) is 31.7 Å². The molecule has 5 nitrogen and oxygen atoms in total. The van der Waals surface area contributed by atoms with E-state index in [1.165, 1.54) is 23.8 Å². The van der Waals surface area contributed by atoms with Crippen molar-refractivity contribution in [2.24, 2.45) is 11.7 Å². The van der Waals surface area contributed by atoms with Crippen molar-refractivity contribution < 1.29 is 22.8 Å². The number of rotatable bonds is 8. The molecule has 1 saturated heterocycles. The molecule has 1 aliphatic rings. The van der Waals surface area contributed by atoms with Crippen LogP contribution in [0.3, 0.4) is 0 Å². The quantitative estimate of drug-likeness (QED) is 0.434. The van der Waals surface area contributed by atoms with Gasteiger partial charge in [-0.3, -0.25) is 14.5 Å². The molecular weight excluding hydrogens is 491 g/mol. The van der Waals surface area contributed by atoms with Crippen molar-refractivity contribution in [1.82, 2.24) is 9.80 Å². The normalized spacial score (nSPS) is 15.8. The summed E-state index contributed by atoms with van der Waals surface area (Å²) in [4.78, 5) is 30.4. The second-order valence-corrected chi connectivity index (χ2v) is 9.41. The van der Waals surface area contributed by atoms with E-state index >= 15 is 0 Å². The Hall–Kier alpha value is -3.91. The van der Waals surface area contributed by atoms with Crippen LogP contribution in [0.15, 0.2) is 90.5 Å². The molecule has 0 aromatic heterocycles. The van der Waals surface area contributed by atoms with E-state index < -0.39 is 23.6 Å². The number of amides is 2.